The number of rotatable bonds is 5. The van der Waals surface area contributed by atoms with Crippen LogP contribution in [-0.2, 0) is 11.3 Å². The largest absolute Gasteiger partial charge is 0.480 e. The number of hydrogen-bond acceptors (Lipinski definition) is 5. The minimum absolute atomic E-state index is 0.0000526. The minimum Gasteiger partial charge on any atom is -0.480 e. The lowest BCUT2D eigenvalue weighted by Crippen LogP contribution is -2.43. The van der Waals surface area contributed by atoms with E-state index in [0.29, 0.717) is 6.54 Å². The van der Waals surface area contributed by atoms with Crippen LogP contribution in [0, 0.1) is 0 Å². The van der Waals surface area contributed by atoms with E-state index in [1.807, 2.05) is 49.3 Å². The molecule has 0 unspecified atom stereocenters. The van der Waals surface area contributed by atoms with Crippen molar-refractivity contribution >= 4 is 17.3 Å². The van der Waals surface area contributed by atoms with Gasteiger partial charge < -0.3 is 5.11 Å². The number of carboxylic acid groups (broad SMARTS) is 1. The molecule has 0 aliphatic rings. The van der Waals surface area contributed by atoms with Gasteiger partial charge in [-0.2, -0.15) is 0 Å². The summed E-state index contributed by atoms with van der Waals surface area (Å²) in [7, 11) is 0. The Balaban J connectivity index is 2.15. The molecule has 0 amide bonds. The molecule has 0 spiro atoms. The molecule has 5 nitrogen and oxygen atoms in total. The van der Waals surface area contributed by atoms with E-state index in [1.165, 1.54) is 11.3 Å². The van der Waals surface area contributed by atoms with E-state index in [0.717, 1.165) is 16.4 Å². The minimum atomic E-state index is -0.829. The van der Waals surface area contributed by atoms with E-state index < -0.39 is 5.97 Å². The lowest BCUT2D eigenvalue weighted by Gasteiger charge is -2.33. The molecule has 0 saturated heterocycles. The van der Waals surface area contributed by atoms with Gasteiger partial charge in [0.25, 0.3) is 0 Å². The zero-order chi connectivity index (χ0) is 15.5. The first-order valence-corrected chi connectivity index (χ1v) is 7.57. The average molecular weight is 305 g/mol. The Morgan fingerprint density at radius 2 is 2.14 bits per heavy atom. The fourth-order valence-electron chi connectivity index (χ4n) is 1.88. The number of hydrogen-bond donors (Lipinski definition) is 1. The van der Waals surface area contributed by atoms with Gasteiger partial charge in [0, 0.05) is 23.7 Å². The number of aromatic nitrogens is 2. The number of carboxylic acids is 1. The van der Waals surface area contributed by atoms with Crippen molar-refractivity contribution in [2.45, 2.75) is 32.9 Å². The van der Waals surface area contributed by atoms with Crippen LogP contribution in [0.3, 0.4) is 0 Å². The van der Waals surface area contributed by atoms with Crippen molar-refractivity contribution in [2.24, 2.45) is 0 Å². The first-order valence-electron chi connectivity index (χ1n) is 6.69. The van der Waals surface area contributed by atoms with Gasteiger partial charge in [-0.05, 0) is 32.9 Å². The number of pyridine rings is 1. The maximum absolute atomic E-state index is 11.0. The Labute approximate surface area is 128 Å². The predicted octanol–water partition coefficient (Wildman–Crippen LogP) is 2.89. The third kappa shape index (κ3) is 4.34. The summed E-state index contributed by atoms with van der Waals surface area (Å²) in [5, 5.41) is 11.9. The SMILES string of the molecule is CC(C)(C)N(CC(=O)O)Cc1csc(-c2ccccn2)n1. The van der Waals surface area contributed by atoms with E-state index in [4.69, 9.17) is 5.11 Å². The molecule has 0 radical (unpaired) electrons. The zero-order valence-corrected chi connectivity index (χ0v) is 13.2. The van der Waals surface area contributed by atoms with Crippen LogP contribution in [0.25, 0.3) is 10.7 Å². The van der Waals surface area contributed by atoms with Gasteiger partial charge in [0.15, 0.2) is 0 Å². The Morgan fingerprint density at radius 3 is 2.71 bits per heavy atom. The van der Waals surface area contributed by atoms with E-state index in [2.05, 4.69) is 9.97 Å². The molecule has 0 aliphatic carbocycles. The van der Waals surface area contributed by atoms with Crippen molar-refractivity contribution in [3.05, 3.63) is 35.5 Å². The molecule has 1 N–H and O–H groups in total. The Morgan fingerprint density at radius 1 is 1.38 bits per heavy atom. The summed E-state index contributed by atoms with van der Waals surface area (Å²) in [5.41, 5.74) is 1.49. The summed E-state index contributed by atoms with van der Waals surface area (Å²) in [6.45, 7) is 6.52. The fourth-order valence-corrected chi connectivity index (χ4v) is 2.66. The Kier molecular flexibility index (Phi) is 4.69. The summed E-state index contributed by atoms with van der Waals surface area (Å²) < 4.78 is 0. The molecule has 2 aromatic heterocycles. The van der Waals surface area contributed by atoms with Gasteiger partial charge in [0.2, 0.25) is 0 Å². The quantitative estimate of drug-likeness (QED) is 0.920. The van der Waals surface area contributed by atoms with Crippen LogP contribution in [-0.4, -0.2) is 38.0 Å². The van der Waals surface area contributed by atoms with E-state index in [-0.39, 0.29) is 12.1 Å². The second kappa shape index (κ2) is 6.32. The Bertz CT molecular complexity index is 605. The van der Waals surface area contributed by atoms with Crippen LogP contribution in [0.1, 0.15) is 26.5 Å². The van der Waals surface area contributed by atoms with Crippen LogP contribution in [0.4, 0.5) is 0 Å². The van der Waals surface area contributed by atoms with Crippen molar-refractivity contribution in [3.8, 4) is 10.7 Å². The second-order valence-electron chi connectivity index (χ2n) is 5.78. The van der Waals surface area contributed by atoms with Gasteiger partial charge in [-0.1, -0.05) is 6.07 Å². The second-order valence-corrected chi connectivity index (χ2v) is 6.64. The monoisotopic (exact) mass is 305 g/mol. The van der Waals surface area contributed by atoms with Crippen molar-refractivity contribution < 1.29 is 9.90 Å². The van der Waals surface area contributed by atoms with E-state index in [1.54, 1.807) is 6.20 Å². The van der Waals surface area contributed by atoms with E-state index >= 15 is 0 Å². The van der Waals surface area contributed by atoms with Crippen LogP contribution >= 0.6 is 11.3 Å². The predicted molar refractivity (Wildman–Crippen MR) is 83.1 cm³/mol. The lowest BCUT2D eigenvalue weighted by atomic mass is 10.1. The first-order chi connectivity index (χ1) is 9.86. The highest BCUT2D eigenvalue weighted by Gasteiger charge is 2.24. The van der Waals surface area contributed by atoms with Crippen molar-refractivity contribution in [2.75, 3.05) is 6.54 Å². The zero-order valence-electron chi connectivity index (χ0n) is 12.4. The highest BCUT2D eigenvalue weighted by atomic mass is 32.1. The van der Waals surface area contributed by atoms with E-state index in [9.17, 15) is 4.79 Å². The molecule has 21 heavy (non-hydrogen) atoms. The number of aliphatic carboxylic acids is 1. The lowest BCUT2D eigenvalue weighted by molar-refractivity contribution is -0.139. The molecule has 2 rings (SSSR count). The molecular formula is C15H19N3O2S. The molecule has 0 atom stereocenters. The molecule has 0 aliphatic heterocycles. The molecule has 2 heterocycles. The molecule has 0 fully saturated rings. The number of nitrogens with zero attached hydrogens (tertiary/aromatic N) is 3. The van der Waals surface area contributed by atoms with Gasteiger partial charge >= 0.3 is 5.97 Å². The molecule has 6 heteroatoms. The smallest absolute Gasteiger partial charge is 0.317 e. The van der Waals surface area contributed by atoms with Crippen LogP contribution < -0.4 is 0 Å². The van der Waals surface area contributed by atoms with Crippen LogP contribution in [0.2, 0.25) is 0 Å². The third-order valence-corrected chi connectivity index (χ3v) is 3.98. The summed E-state index contributed by atoms with van der Waals surface area (Å²) in [4.78, 5) is 21.7. The van der Waals surface area contributed by atoms with Crippen molar-refractivity contribution in [1.82, 2.24) is 14.9 Å². The summed E-state index contributed by atoms with van der Waals surface area (Å²) in [6.07, 6.45) is 1.74. The highest BCUT2D eigenvalue weighted by molar-refractivity contribution is 7.13. The highest BCUT2D eigenvalue weighted by Crippen LogP contribution is 2.24. The average Bonchev–Trinajstić information content (AvgIpc) is 2.86. The fraction of sp³-hybridized carbons (Fsp3) is 0.400. The van der Waals surface area contributed by atoms with Gasteiger partial charge in [-0.25, -0.2) is 4.98 Å². The number of carbonyl (C=O) groups is 1. The maximum Gasteiger partial charge on any atom is 0.317 e. The summed E-state index contributed by atoms with van der Waals surface area (Å²) >= 11 is 1.53. The summed E-state index contributed by atoms with van der Waals surface area (Å²) in [5.74, 6) is -0.829. The maximum atomic E-state index is 11.0. The first kappa shape index (κ1) is 15.6. The van der Waals surface area contributed by atoms with Crippen molar-refractivity contribution in [1.29, 1.82) is 0 Å². The molecule has 2 aromatic rings. The third-order valence-electron chi connectivity index (χ3n) is 3.06. The van der Waals surface area contributed by atoms with Gasteiger partial charge in [0.1, 0.15) is 5.01 Å². The number of thiazole rings is 1. The molecular weight excluding hydrogens is 286 g/mol. The molecule has 0 aromatic carbocycles. The van der Waals surface area contributed by atoms with Gasteiger partial charge in [0.05, 0.1) is 17.9 Å². The normalized spacial score (nSPS) is 11.8. The molecule has 112 valence electrons. The standard InChI is InChI=1S/C15H19N3O2S/c1-15(2,3)18(9-13(19)20)8-11-10-21-14(17-11)12-6-4-5-7-16-12/h4-7,10H,8-9H2,1-3H3,(H,19,20). The molecule has 0 saturated carbocycles. The molecule has 0 bridgehead atoms. The Hall–Kier alpha value is -1.79. The van der Waals surface area contributed by atoms with Gasteiger partial charge in [-0.15, -0.1) is 11.3 Å². The van der Waals surface area contributed by atoms with Gasteiger partial charge in [-0.3, -0.25) is 14.7 Å². The van der Waals surface area contributed by atoms with Crippen LogP contribution in [0.15, 0.2) is 29.8 Å². The van der Waals surface area contributed by atoms with Crippen LogP contribution in [0.5, 0.6) is 0 Å². The van der Waals surface area contributed by atoms with Crippen molar-refractivity contribution in [3.63, 3.8) is 0 Å². The summed E-state index contributed by atoms with van der Waals surface area (Å²) in [6, 6.07) is 5.71. The topological polar surface area (TPSA) is 66.3 Å².